The minimum Gasteiger partial charge on any atom is -0.496 e. The van der Waals surface area contributed by atoms with Gasteiger partial charge in [-0.15, -0.1) is 0 Å². The molecule has 0 atom stereocenters. The van der Waals surface area contributed by atoms with Crippen LogP contribution in [0.4, 0.5) is 0 Å². The normalized spacial score (nSPS) is 9.94. The zero-order chi connectivity index (χ0) is 12.3. The number of nitrogens with zero attached hydrogens (tertiary/aromatic N) is 1. The van der Waals surface area contributed by atoms with Gasteiger partial charge in [0.1, 0.15) is 11.4 Å². The fourth-order valence-corrected chi connectivity index (χ4v) is 1.56. The first-order chi connectivity index (χ1) is 8.22. The maximum atomic E-state index is 10.7. The summed E-state index contributed by atoms with van der Waals surface area (Å²) in [5.74, 6) is -0.297. The Morgan fingerprint density at radius 3 is 2.59 bits per heavy atom. The fourth-order valence-electron chi connectivity index (χ4n) is 1.56. The SMILES string of the molecule is COc1ccccc1-c1ccc(C(=O)O)nc1. The third-order valence-corrected chi connectivity index (χ3v) is 2.40. The smallest absolute Gasteiger partial charge is 0.354 e. The molecule has 0 saturated carbocycles. The largest absolute Gasteiger partial charge is 0.496 e. The van der Waals surface area contributed by atoms with Crippen LogP contribution in [0.3, 0.4) is 0 Å². The van der Waals surface area contributed by atoms with Gasteiger partial charge in [-0.25, -0.2) is 9.78 Å². The highest BCUT2D eigenvalue weighted by molar-refractivity contribution is 5.86. The Morgan fingerprint density at radius 2 is 2.00 bits per heavy atom. The maximum absolute atomic E-state index is 10.7. The second kappa shape index (κ2) is 4.65. The minimum absolute atomic E-state index is 0.0312. The van der Waals surface area contributed by atoms with E-state index in [1.165, 1.54) is 12.3 Å². The highest BCUT2D eigenvalue weighted by Crippen LogP contribution is 2.28. The number of para-hydroxylation sites is 1. The van der Waals surface area contributed by atoms with Crippen molar-refractivity contribution >= 4 is 5.97 Å². The number of pyridine rings is 1. The van der Waals surface area contributed by atoms with Gasteiger partial charge in [0.05, 0.1) is 7.11 Å². The molecule has 0 spiro atoms. The monoisotopic (exact) mass is 229 g/mol. The van der Waals surface area contributed by atoms with E-state index in [1.807, 2.05) is 24.3 Å². The van der Waals surface area contributed by atoms with E-state index in [2.05, 4.69) is 4.98 Å². The molecule has 0 saturated heterocycles. The van der Waals surface area contributed by atoms with Gasteiger partial charge in [0.25, 0.3) is 0 Å². The number of carboxylic acids is 1. The summed E-state index contributed by atoms with van der Waals surface area (Å²) < 4.78 is 5.23. The van der Waals surface area contributed by atoms with Crippen LogP contribution in [-0.4, -0.2) is 23.2 Å². The molecule has 2 rings (SSSR count). The van der Waals surface area contributed by atoms with Crippen molar-refractivity contribution in [2.45, 2.75) is 0 Å². The first-order valence-corrected chi connectivity index (χ1v) is 5.05. The number of aromatic nitrogens is 1. The molecule has 0 radical (unpaired) electrons. The van der Waals surface area contributed by atoms with Crippen LogP contribution in [0, 0.1) is 0 Å². The van der Waals surface area contributed by atoms with E-state index >= 15 is 0 Å². The van der Waals surface area contributed by atoms with Crippen LogP contribution in [-0.2, 0) is 0 Å². The lowest BCUT2D eigenvalue weighted by molar-refractivity contribution is 0.0690. The van der Waals surface area contributed by atoms with Crippen LogP contribution in [0.15, 0.2) is 42.6 Å². The van der Waals surface area contributed by atoms with Gasteiger partial charge in [-0.1, -0.05) is 24.3 Å². The molecular weight excluding hydrogens is 218 g/mol. The Labute approximate surface area is 98.5 Å². The molecule has 17 heavy (non-hydrogen) atoms. The van der Waals surface area contributed by atoms with Crippen molar-refractivity contribution < 1.29 is 14.6 Å². The first-order valence-electron chi connectivity index (χ1n) is 5.05. The number of hydrogen-bond acceptors (Lipinski definition) is 3. The summed E-state index contributed by atoms with van der Waals surface area (Å²) in [5.41, 5.74) is 1.75. The molecule has 0 aliphatic rings. The Balaban J connectivity index is 2.43. The average Bonchev–Trinajstić information content (AvgIpc) is 2.39. The van der Waals surface area contributed by atoms with Gasteiger partial charge in [0, 0.05) is 17.3 Å². The summed E-state index contributed by atoms with van der Waals surface area (Å²) >= 11 is 0. The number of carboxylic acid groups (broad SMARTS) is 1. The molecule has 1 heterocycles. The van der Waals surface area contributed by atoms with Crippen LogP contribution >= 0.6 is 0 Å². The van der Waals surface area contributed by atoms with Crippen LogP contribution in [0.25, 0.3) is 11.1 Å². The molecular formula is C13H11NO3. The summed E-state index contributed by atoms with van der Waals surface area (Å²) in [7, 11) is 1.60. The number of hydrogen-bond donors (Lipinski definition) is 1. The molecule has 1 N–H and O–H groups in total. The van der Waals surface area contributed by atoms with E-state index in [-0.39, 0.29) is 5.69 Å². The van der Waals surface area contributed by atoms with E-state index in [0.29, 0.717) is 0 Å². The van der Waals surface area contributed by atoms with Crippen molar-refractivity contribution in [3.05, 3.63) is 48.3 Å². The molecule has 0 bridgehead atoms. The van der Waals surface area contributed by atoms with E-state index in [4.69, 9.17) is 9.84 Å². The lowest BCUT2D eigenvalue weighted by atomic mass is 10.1. The quantitative estimate of drug-likeness (QED) is 0.878. The van der Waals surface area contributed by atoms with Crippen molar-refractivity contribution in [3.63, 3.8) is 0 Å². The van der Waals surface area contributed by atoms with Gasteiger partial charge < -0.3 is 9.84 Å². The molecule has 4 heteroatoms. The molecule has 0 fully saturated rings. The third kappa shape index (κ3) is 2.25. The number of carbonyl (C=O) groups is 1. The van der Waals surface area contributed by atoms with Crippen LogP contribution < -0.4 is 4.74 Å². The summed E-state index contributed by atoms with van der Waals surface area (Å²) in [6, 6.07) is 10.7. The highest BCUT2D eigenvalue weighted by Gasteiger charge is 2.07. The van der Waals surface area contributed by atoms with E-state index < -0.39 is 5.97 Å². The zero-order valence-corrected chi connectivity index (χ0v) is 9.25. The molecule has 2 aromatic rings. The molecule has 0 amide bonds. The Morgan fingerprint density at radius 1 is 1.24 bits per heavy atom. The number of ether oxygens (including phenoxy) is 1. The molecule has 1 aromatic carbocycles. The Kier molecular flexibility index (Phi) is 3.05. The molecule has 0 aliphatic heterocycles. The van der Waals surface area contributed by atoms with Crippen molar-refractivity contribution in [2.75, 3.05) is 7.11 Å². The number of aromatic carboxylic acids is 1. The maximum Gasteiger partial charge on any atom is 0.354 e. The fraction of sp³-hybridized carbons (Fsp3) is 0.0769. The van der Waals surface area contributed by atoms with E-state index in [0.717, 1.165) is 16.9 Å². The van der Waals surface area contributed by atoms with Gasteiger partial charge in [-0.3, -0.25) is 0 Å². The minimum atomic E-state index is -1.03. The highest BCUT2D eigenvalue weighted by atomic mass is 16.5. The standard InChI is InChI=1S/C13H11NO3/c1-17-12-5-3-2-4-10(12)9-6-7-11(13(15)16)14-8-9/h2-8H,1H3,(H,15,16). The van der Waals surface area contributed by atoms with Crippen LogP contribution in [0.5, 0.6) is 5.75 Å². The lowest BCUT2D eigenvalue weighted by Crippen LogP contribution is -1.99. The van der Waals surface area contributed by atoms with Crippen molar-refractivity contribution in [3.8, 4) is 16.9 Å². The predicted octanol–water partition coefficient (Wildman–Crippen LogP) is 2.46. The van der Waals surface area contributed by atoms with Gasteiger partial charge in [0.2, 0.25) is 0 Å². The molecule has 0 unspecified atom stereocenters. The second-order valence-corrected chi connectivity index (χ2v) is 3.44. The summed E-state index contributed by atoms with van der Waals surface area (Å²) in [6.45, 7) is 0. The van der Waals surface area contributed by atoms with Crippen molar-refractivity contribution in [1.29, 1.82) is 0 Å². The van der Waals surface area contributed by atoms with Gasteiger partial charge in [-0.05, 0) is 12.1 Å². The zero-order valence-electron chi connectivity index (χ0n) is 9.25. The number of benzene rings is 1. The van der Waals surface area contributed by atoms with Crippen LogP contribution in [0.2, 0.25) is 0 Å². The van der Waals surface area contributed by atoms with Crippen molar-refractivity contribution in [1.82, 2.24) is 4.98 Å². The van der Waals surface area contributed by atoms with E-state index in [1.54, 1.807) is 13.2 Å². The first kappa shape index (κ1) is 11.1. The molecule has 4 nitrogen and oxygen atoms in total. The lowest BCUT2D eigenvalue weighted by Gasteiger charge is -2.07. The van der Waals surface area contributed by atoms with Crippen molar-refractivity contribution in [2.24, 2.45) is 0 Å². The second-order valence-electron chi connectivity index (χ2n) is 3.44. The Hall–Kier alpha value is -2.36. The summed E-state index contributed by atoms with van der Waals surface area (Å²) in [5, 5.41) is 8.76. The predicted molar refractivity (Wildman–Crippen MR) is 63.2 cm³/mol. The average molecular weight is 229 g/mol. The van der Waals surface area contributed by atoms with Gasteiger partial charge in [-0.2, -0.15) is 0 Å². The Bertz CT molecular complexity index is 535. The molecule has 1 aromatic heterocycles. The number of methoxy groups -OCH3 is 1. The molecule has 0 aliphatic carbocycles. The van der Waals surface area contributed by atoms with Gasteiger partial charge in [0.15, 0.2) is 0 Å². The summed E-state index contributed by atoms with van der Waals surface area (Å²) in [4.78, 5) is 14.6. The van der Waals surface area contributed by atoms with E-state index in [9.17, 15) is 4.79 Å². The number of rotatable bonds is 3. The topological polar surface area (TPSA) is 59.4 Å². The molecule has 86 valence electrons. The summed E-state index contributed by atoms with van der Waals surface area (Å²) in [6.07, 6.45) is 1.53. The third-order valence-electron chi connectivity index (χ3n) is 2.40. The van der Waals surface area contributed by atoms with Crippen LogP contribution in [0.1, 0.15) is 10.5 Å². The van der Waals surface area contributed by atoms with Gasteiger partial charge >= 0.3 is 5.97 Å².